The normalized spacial score (nSPS) is 20.3. The molecule has 4 heterocycles. The molecule has 0 aliphatic carbocycles. The van der Waals surface area contributed by atoms with E-state index in [2.05, 4.69) is 34.9 Å². The van der Waals surface area contributed by atoms with Gasteiger partial charge in [-0.05, 0) is 0 Å². The van der Waals surface area contributed by atoms with Crippen LogP contribution in [-0.2, 0) is 24.0 Å². The van der Waals surface area contributed by atoms with Crippen LogP contribution in [0.2, 0.25) is 0 Å². The highest BCUT2D eigenvalue weighted by Crippen LogP contribution is 2.35. The van der Waals surface area contributed by atoms with E-state index in [4.69, 9.17) is 10.5 Å². The number of nitrogen functional groups attached to an aromatic ring is 1. The molecule has 2 aliphatic rings. The summed E-state index contributed by atoms with van der Waals surface area (Å²) in [6, 6.07) is -1.72. The Kier molecular flexibility index (Phi) is 6.19. The molecule has 2 aromatic heterocycles. The number of amides is 2. The summed E-state index contributed by atoms with van der Waals surface area (Å²) in [6.07, 6.45) is 0. The average molecular weight is 499 g/mol. The van der Waals surface area contributed by atoms with E-state index < -0.39 is 29.9 Å². The van der Waals surface area contributed by atoms with Crippen molar-refractivity contribution < 1.29 is 29.1 Å². The lowest BCUT2D eigenvalue weighted by molar-refractivity contribution is -0.160. The monoisotopic (exact) mass is 498 g/mol. The largest absolute Gasteiger partial charge is 0.492 e. The number of carbonyl (C=O) groups is 3. The molecule has 0 saturated carbocycles. The standard InChI is InChI=1S/C15H14N8O6S3/c1-28-21-8(10-19-14(16)32-22-10)11(24)18-7-5-2-29-6(3-30-15-20-17-4-31-15)9(13(26)27)23(5)12(7)25/h4-5,7H,2-3H2,1H3,(H,18,24)(H,26,27)(H2,16,19,22)/b21-8-/t5-,7+/m1/s1. The highest BCUT2D eigenvalue weighted by Gasteiger charge is 2.55. The number of nitrogens with zero attached hydrogens (tertiary/aromatic N) is 6. The molecule has 4 rings (SSSR count). The fourth-order valence-electron chi connectivity index (χ4n) is 3.04. The molecule has 2 aromatic rings. The Labute approximate surface area is 191 Å². The number of rotatable bonds is 8. The van der Waals surface area contributed by atoms with Crippen molar-refractivity contribution >= 4 is 63.3 Å². The topological polar surface area (TPSA) is 195 Å². The second-order valence-corrected chi connectivity index (χ2v) is 9.03. The van der Waals surface area contributed by atoms with Gasteiger partial charge in [0.05, 0.1) is 5.75 Å². The Hall–Kier alpha value is -3.31. The molecule has 17 heteroatoms. The number of carbonyl (C=O) groups excluding carboxylic acids is 2. The lowest BCUT2D eigenvalue weighted by Crippen LogP contribution is -2.73. The quantitative estimate of drug-likeness (QED) is 0.176. The number of nitrogens with two attached hydrogens (primary N) is 1. The average Bonchev–Trinajstić information content (AvgIpc) is 3.45. The zero-order chi connectivity index (χ0) is 22.8. The molecule has 0 unspecified atom stereocenters. The van der Waals surface area contributed by atoms with Gasteiger partial charge in [0.25, 0.3) is 11.8 Å². The minimum atomic E-state index is -1.32. The summed E-state index contributed by atoms with van der Waals surface area (Å²) in [6.45, 7) is -0.00185. The van der Waals surface area contributed by atoms with E-state index in [0.29, 0.717) is 4.34 Å². The van der Waals surface area contributed by atoms with Gasteiger partial charge in [0.15, 0.2) is 15.2 Å². The first kappa shape index (κ1) is 21.9. The van der Waals surface area contributed by atoms with Gasteiger partial charge in [0.2, 0.25) is 11.5 Å². The van der Waals surface area contributed by atoms with E-state index in [1.807, 2.05) is 0 Å². The summed E-state index contributed by atoms with van der Waals surface area (Å²) in [5.41, 5.74) is 6.55. The molecule has 2 aliphatic heterocycles. The predicted octanol–water partition coefficient (Wildman–Crippen LogP) is -0.863. The van der Waals surface area contributed by atoms with Crippen molar-refractivity contribution in [3.63, 3.8) is 0 Å². The maximum Gasteiger partial charge on any atom is 0.356 e. The Bertz CT molecular complexity index is 1120. The van der Waals surface area contributed by atoms with Gasteiger partial charge in [-0.2, -0.15) is 9.36 Å². The third kappa shape index (κ3) is 4.08. The number of aromatic nitrogens is 4. The maximum atomic E-state index is 12.8. The van der Waals surface area contributed by atoms with Crippen LogP contribution in [0.5, 0.6) is 0 Å². The third-order valence-electron chi connectivity index (χ3n) is 4.36. The van der Waals surface area contributed by atoms with Crippen molar-refractivity contribution in [3.05, 3.63) is 22.8 Å². The number of thioether (sulfide) groups is 1. The zero-order valence-corrected chi connectivity index (χ0v) is 18.6. The number of anilines is 1. The van der Waals surface area contributed by atoms with Crippen molar-refractivity contribution in [1.82, 2.24) is 29.8 Å². The second-order valence-electron chi connectivity index (χ2n) is 6.19. The van der Waals surface area contributed by atoms with Crippen LogP contribution < -0.4 is 11.1 Å². The van der Waals surface area contributed by atoms with Crippen LogP contribution in [0.15, 0.2) is 26.5 Å². The molecule has 168 valence electrons. The third-order valence-corrected chi connectivity index (χ3v) is 6.76. The number of β-lactam (4-membered cyclic amide) rings is 1. The maximum absolute atomic E-state index is 12.8. The van der Waals surface area contributed by atoms with Crippen LogP contribution in [0.4, 0.5) is 5.13 Å². The lowest BCUT2D eigenvalue weighted by atomic mass is 9.92. The number of hydrogen-bond donors (Lipinski definition) is 3. The molecule has 4 N–H and O–H groups in total. The van der Waals surface area contributed by atoms with Crippen molar-refractivity contribution in [2.75, 3.05) is 25.2 Å². The van der Waals surface area contributed by atoms with E-state index in [1.54, 1.807) is 5.51 Å². The Morgan fingerprint density at radius 1 is 1.53 bits per heavy atom. The van der Waals surface area contributed by atoms with Crippen molar-refractivity contribution in [2.24, 2.45) is 5.16 Å². The first-order chi connectivity index (χ1) is 15.4. The van der Waals surface area contributed by atoms with Crippen LogP contribution in [0, 0.1) is 0 Å². The molecule has 1 fully saturated rings. The van der Waals surface area contributed by atoms with Crippen molar-refractivity contribution in [1.29, 1.82) is 0 Å². The number of oxime groups is 1. The van der Waals surface area contributed by atoms with E-state index in [-0.39, 0.29) is 40.5 Å². The Morgan fingerprint density at radius 2 is 2.34 bits per heavy atom. The Balaban J connectivity index is 1.49. The number of nitrogens with one attached hydrogen (secondary N) is 1. The molecule has 0 radical (unpaired) electrons. The second kappa shape index (κ2) is 9.05. The molecule has 32 heavy (non-hydrogen) atoms. The number of fused-ring (bicyclic) bond motifs is 1. The summed E-state index contributed by atoms with van der Waals surface area (Å²) < 4.78 is 10.2. The first-order valence-electron chi connectivity index (χ1n) is 8.73. The zero-order valence-electron chi connectivity index (χ0n) is 16.1. The smallest absolute Gasteiger partial charge is 0.356 e. The Morgan fingerprint density at radius 3 is 2.97 bits per heavy atom. The number of ether oxygens (including phenoxy) is 1. The summed E-state index contributed by atoms with van der Waals surface area (Å²) >= 11 is 3.41. The molecular formula is C15H14N8O6S3. The van der Waals surface area contributed by atoms with Gasteiger partial charge in [-0.1, -0.05) is 28.3 Å². The molecule has 0 spiro atoms. The van der Waals surface area contributed by atoms with Gasteiger partial charge < -0.3 is 25.7 Å². The minimum Gasteiger partial charge on any atom is -0.492 e. The summed E-state index contributed by atoms with van der Waals surface area (Å²) in [4.78, 5) is 47.0. The highest BCUT2D eigenvalue weighted by atomic mass is 32.2. The number of carboxylic acids is 1. The van der Waals surface area contributed by atoms with Crippen molar-refractivity contribution in [3.8, 4) is 0 Å². The summed E-state index contributed by atoms with van der Waals surface area (Å²) in [5, 5.41) is 23.5. The fourth-order valence-corrected chi connectivity index (χ4v) is 4.91. The lowest BCUT2D eigenvalue weighted by Gasteiger charge is -2.49. The number of hydrogen-bond acceptors (Lipinski definition) is 14. The van der Waals surface area contributed by atoms with Crippen LogP contribution >= 0.6 is 34.6 Å². The highest BCUT2D eigenvalue weighted by molar-refractivity contribution is 8.01. The van der Waals surface area contributed by atoms with Gasteiger partial charge in [0.1, 0.15) is 37.1 Å². The summed E-state index contributed by atoms with van der Waals surface area (Å²) in [5.74, 6) is -2.45. The number of carboxylic acid groups (broad SMARTS) is 1. The summed E-state index contributed by atoms with van der Waals surface area (Å²) in [7, 11) is 1.24. The molecule has 2 atom stereocenters. The molecule has 14 nitrogen and oxygen atoms in total. The van der Waals surface area contributed by atoms with Crippen LogP contribution in [0.25, 0.3) is 0 Å². The fraction of sp³-hybridized carbons (Fsp3) is 0.333. The van der Waals surface area contributed by atoms with Gasteiger partial charge in [0, 0.05) is 11.5 Å². The van der Waals surface area contributed by atoms with Gasteiger partial charge in [-0.15, -0.1) is 10.2 Å². The SMILES string of the molecule is CO/N=C(\C(=O)N[C@@H]1C(=O)N2C(C(=O)O)=C(CSc3nncs3)OC[C@H]12)c1nsc(N)n1. The minimum absolute atomic E-state index is 0.00185. The molecule has 0 bridgehead atoms. The molecule has 2 amide bonds. The number of aliphatic carboxylic acids is 1. The van der Waals surface area contributed by atoms with Gasteiger partial charge >= 0.3 is 5.97 Å². The van der Waals surface area contributed by atoms with E-state index in [0.717, 1.165) is 16.4 Å². The van der Waals surface area contributed by atoms with Crippen LogP contribution in [0.3, 0.4) is 0 Å². The van der Waals surface area contributed by atoms with Gasteiger partial charge in [-0.3, -0.25) is 14.5 Å². The first-order valence-corrected chi connectivity index (χ1v) is 11.4. The molecule has 0 aromatic carbocycles. The van der Waals surface area contributed by atoms with Crippen molar-refractivity contribution in [2.45, 2.75) is 16.4 Å². The van der Waals surface area contributed by atoms with Crippen LogP contribution in [0.1, 0.15) is 5.82 Å². The van der Waals surface area contributed by atoms with Gasteiger partial charge in [-0.25, -0.2) is 4.79 Å². The van der Waals surface area contributed by atoms with E-state index in [9.17, 15) is 19.5 Å². The molecule has 1 saturated heterocycles. The van der Waals surface area contributed by atoms with Crippen LogP contribution in [-0.4, -0.2) is 84.6 Å². The van der Waals surface area contributed by atoms with E-state index in [1.165, 1.54) is 30.2 Å². The molecular weight excluding hydrogens is 484 g/mol. The predicted molar refractivity (Wildman–Crippen MR) is 112 cm³/mol. The van der Waals surface area contributed by atoms with E-state index >= 15 is 0 Å².